The molecule has 1 saturated carbocycles. The van der Waals surface area contributed by atoms with Crippen LogP contribution in [0.25, 0.3) is 10.8 Å². The fourth-order valence-electron chi connectivity index (χ4n) is 2.58. The van der Waals surface area contributed by atoms with Crippen molar-refractivity contribution in [3.63, 3.8) is 0 Å². The minimum absolute atomic E-state index is 0.0697. The van der Waals surface area contributed by atoms with Crippen molar-refractivity contribution >= 4 is 16.7 Å². The van der Waals surface area contributed by atoms with Crippen LogP contribution < -0.4 is 10.9 Å². The van der Waals surface area contributed by atoms with E-state index in [2.05, 4.69) is 19.2 Å². The highest BCUT2D eigenvalue weighted by atomic mass is 16.2. The van der Waals surface area contributed by atoms with Crippen molar-refractivity contribution in [2.24, 2.45) is 5.92 Å². The minimum atomic E-state index is -0.130. The van der Waals surface area contributed by atoms with E-state index < -0.39 is 0 Å². The van der Waals surface area contributed by atoms with Crippen LogP contribution in [0.2, 0.25) is 0 Å². The van der Waals surface area contributed by atoms with Crippen molar-refractivity contribution in [1.29, 1.82) is 0 Å². The molecule has 1 aliphatic carbocycles. The second-order valence-electron chi connectivity index (χ2n) is 6.50. The van der Waals surface area contributed by atoms with Gasteiger partial charge in [0.2, 0.25) is 0 Å². The van der Waals surface area contributed by atoms with Gasteiger partial charge in [-0.05, 0) is 42.7 Å². The lowest BCUT2D eigenvalue weighted by molar-refractivity contribution is 0.0940. The first kappa shape index (κ1) is 14.8. The van der Waals surface area contributed by atoms with Gasteiger partial charge >= 0.3 is 0 Å². The Morgan fingerprint density at radius 1 is 1.32 bits per heavy atom. The Labute approximate surface area is 130 Å². The summed E-state index contributed by atoms with van der Waals surface area (Å²) in [4.78, 5) is 25.2. The molecule has 1 fully saturated rings. The van der Waals surface area contributed by atoms with E-state index in [1.807, 2.05) is 30.3 Å². The number of fused-ring (bicyclic) bond motifs is 1. The van der Waals surface area contributed by atoms with Crippen LogP contribution in [0.1, 0.15) is 43.6 Å². The molecule has 1 heterocycles. The predicted octanol–water partition coefficient (Wildman–Crippen LogP) is 2.94. The molecule has 1 aliphatic rings. The van der Waals surface area contributed by atoms with E-state index in [4.69, 9.17) is 0 Å². The van der Waals surface area contributed by atoms with Gasteiger partial charge in [0.15, 0.2) is 0 Å². The molecular weight excluding hydrogens is 276 g/mol. The van der Waals surface area contributed by atoms with E-state index in [0.29, 0.717) is 23.5 Å². The van der Waals surface area contributed by atoms with Crippen molar-refractivity contribution in [2.45, 2.75) is 45.7 Å². The maximum absolute atomic E-state index is 12.8. The van der Waals surface area contributed by atoms with Gasteiger partial charge in [-0.3, -0.25) is 9.59 Å². The SMILES string of the molecule is CC(C)CCn1c(C(=O)NC2CC2)cc2ccccc2c1=O. The summed E-state index contributed by atoms with van der Waals surface area (Å²) in [5.41, 5.74) is 0.413. The molecule has 0 aliphatic heterocycles. The largest absolute Gasteiger partial charge is 0.348 e. The second kappa shape index (κ2) is 5.95. The minimum Gasteiger partial charge on any atom is -0.348 e. The average molecular weight is 298 g/mol. The third kappa shape index (κ3) is 3.06. The number of benzene rings is 1. The summed E-state index contributed by atoms with van der Waals surface area (Å²) in [5, 5.41) is 4.49. The van der Waals surface area contributed by atoms with Crippen LogP contribution in [0.15, 0.2) is 35.1 Å². The Morgan fingerprint density at radius 3 is 2.73 bits per heavy atom. The normalized spacial score (nSPS) is 14.5. The molecule has 116 valence electrons. The van der Waals surface area contributed by atoms with Gasteiger partial charge in [0.25, 0.3) is 11.5 Å². The van der Waals surface area contributed by atoms with Gasteiger partial charge in [-0.1, -0.05) is 32.0 Å². The molecule has 0 spiro atoms. The molecule has 2 aromatic rings. The molecule has 1 aromatic carbocycles. The number of pyridine rings is 1. The number of carbonyl (C=O) groups is 1. The number of hydrogen-bond acceptors (Lipinski definition) is 2. The molecule has 0 unspecified atom stereocenters. The first-order chi connectivity index (χ1) is 10.6. The molecular formula is C18H22N2O2. The number of rotatable bonds is 5. The third-order valence-electron chi connectivity index (χ3n) is 4.09. The lowest BCUT2D eigenvalue weighted by Gasteiger charge is -2.15. The Bertz CT molecular complexity index is 757. The molecule has 4 nitrogen and oxygen atoms in total. The summed E-state index contributed by atoms with van der Waals surface area (Å²) in [6.07, 6.45) is 2.95. The molecule has 4 heteroatoms. The fraction of sp³-hybridized carbons (Fsp3) is 0.444. The van der Waals surface area contributed by atoms with Gasteiger partial charge < -0.3 is 9.88 Å². The van der Waals surface area contributed by atoms with Crippen molar-refractivity contribution in [1.82, 2.24) is 9.88 Å². The van der Waals surface area contributed by atoms with E-state index in [9.17, 15) is 9.59 Å². The van der Waals surface area contributed by atoms with Gasteiger partial charge in [0, 0.05) is 18.0 Å². The van der Waals surface area contributed by atoms with E-state index in [0.717, 1.165) is 24.6 Å². The van der Waals surface area contributed by atoms with Crippen molar-refractivity contribution < 1.29 is 4.79 Å². The van der Waals surface area contributed by atoms with Crippen LogP contribution in [0.5, 0.6) is 0 Å². The van der Waals surface area contributed by atoms with Gasteiger partial charge in [0.1, 0.15) is 5.69 Å². The van der Waals surface area contributed by atoms with Crippen molar-refractivity contribution in [3.8, 4) is 0 Å². The van der Waals surface area contributed by atoms with Crippen molar-refractivity contribution in [3.05, 3.63) is 46.4 Å². The smallest absolute Gasteiger partial charge is 0.268 e. The first-order valence-electron chi connectivity index (χ1n) is 7.99. The van der Waals surface area contributed by atoms with Gasteiger partial charge in [-0.25, -0.2) is 0 Å². The quantitative estimate of drug-likeness (QED) is 0.922. The van der Waals surface area contributed by atoms with E-state index in [1.54, 1.807) is 4.57 Å². The summed E-state index contributed by atoms with van der Waals surface area (Å²) >= 11 is 0. The molecule has 0 bridgehead atoms. The zero-order valence-electron chi connectivity index (χ0n) is 13.1. The number of nitrogens with one attached hydrogen (secondary N) is 1. The Balaban J connectivity index is 2.07. The molecule has 22 heavy (non-hydrogen) atoms. The van der Waals surface area contributed by atoms with Crippen LogP contribution in [-0.4, -0.2) is 16.5 Å². The highest BCUT2D eigenvalue weighted by Gasteiger charge is 2.25. The molecule has 0 radical (unpaired) electrons. The Kier molecular flexibility index (Phi) is 4.01. The van der Waals surface area contributed by atoms with Crippen LogP contribution in [0, 0.1) is 5.92 Å². The van der Waals surface area contributed by atoms with Crippen LogP contribution in [0.4, 0.5) is 0 Å². The average Bonchev–Trinajstić information content (AvgIpc) is 3.30. The molecule has 0 atom stereocenters. The van der Waals surface area contributed by atoms with E-state index >= 15 is 0 Å². The molecule has 3 rings (SSSR count). The molecule has 1 aromatic heterocycles. The topological polar surface area (TPSA) is 51.1 Å². The Hall–Kier alpha value is -2.10. The lowest BCUT2D eigenvalue weighted by atomic mass is 10.1. The summed E-state index contributed by atoms with van der Waals surface area (Å²) in [5.74, 6) is 0.354. The van der Waals surface area contributed by atoms with Crippen LogP contribution in [0.3, 0.4) is 0 Å². The zero-order valence-corrected chi connectivity index (χ0v) is 13.1. The van der Waals surface area contributed by atoms with Crippen LogP contribution in [-0.2, 0) is 6.54 Å². The molecule has 1 N–H and O–H groups in total. The zero-order chi connectivity index (χ0) is 15.7. The number of aromatic nitrogens is 1. The number of carbonyl (C=O) groups excluding carboxylic acids is 1. The number of amides is 1. The number of nitrogens with zero attached hydrogens (tertiary/aromatic N) is 1. The third-order valence-corrected chi connectivity index (χ3v) is 4.09. The van der Waals surface area contributed by atoms with Crippen LogP contribution >= 0.6 is 0 Å². The van der Waals surface area contributed by atoms with Gasteiger partial charge in [-0.2, -0.15) is 0 Å². The van der Waals surface area contributed by atoms with Gasteiger partial charge in [-0.15, -0.1) is 0 Å². The van der Waals surface area contributed by atoms with Gasteiger partial charge in [0.05, 0.1) is 0 Å². The highest BCUT2D eigenvalue weighted by molar-refractivity contribution is 5.97. The maximum Gasteiger partial charge on any atom is 0.268 e. The summed E-state index contributed by atoms with van der Waals surface area (Å²) < 4.78 is 1.64. The summed E-state index contributed by atoms with van der Waals surface area (Å²) in [6, 6.07) is 9.59. The standard InChI is InChI=1S/C18H22N2O2/c1-12(2)9-10-20-16(17(21)19-14-7-8-14)11-13-5-3-4-6-15(13)18(20)22/h3-6,11-12,14H,7-10H2,1-2H3,(H,19,21). The highest BCUT2D eigenvalue weighted by Crippen LogP contribution is 2.20. The van der Waals surface area contributed by atoms with Crippen molar-refractivity contribution in [2.75, 3.05) is 0 Å². The lowest BCUT2D eigenvalue weighted by Crippen LogP contribution is -2.33. The summed E-state index contributed by atoms with van der Waals surface area (Å²) in [6.45, 7) is 4.82. The monoisotopic (exact) mass is 298 g/mol. The molecule has 0 saturated heterocycles. The van der Waals surface area contributed by atoms with E-state index in [1.165, 1.54) is 0 Å². The van der Waals surface area contributed by atoms with E-state index in [-0.39, 0.29) is 17.5 Å². The predicted molar refractivity (Wildman–Crippen MR) is 88.2 cm³/mol. The second-order valence-corrected chi connectivity index (χ2v) is 6.50. The summed E-state index contributed by atoms with van der Waals surface area (Å²) in [7, 11) is 0. The first-order valence-corrected chi connectivity index (χ1v) is 7.99. The fourth-order valence-corrected chi connectivity index (χ4v) is 2.58. The maximum atomic E-state index is 12.8. The molecule has 1 amide bonds. The number of hydrogen-bond donors (Lipinski definition) is 1. The Morgan fingerprint density at radius 2 is 2.05 bits per heavy atom.